The molecule has 5 heterocycles. The van der Waals surface area contributed by atoms with Gasteiger partial charge in [0.2, 0.25) is 0 Å². The van der Waals surface area contributed by atoms with Crippen molar-refractivity contribution in [3.05, 3.63) is 71.5 Å². The van der Waals surface area contributed by atoms with Gasteiger partial charge < -0.3 is 19.4 Å². The van der Waals surface area contributed by atoms with Crippen LogP contribution in [0.15, 0.2) is 54.2 Å². The molecule has 7 rings (SSSR count). The van der Waals surface area contributed by atoms with Gasteiger partial charge in [-0.25, -0.2) is 18.7 Å². The SMILES string of the molecule is C[C@@H]1Cn2nc(-c3nc(-c4ccc5c(c4)ncn5C)c4ccsc4c3-c3c(F)cc(F)cc3OCCOC(F)F)cc2[C@H](C)N1. The van der Waals surface area contributed by atoms with Gasteiger partial charge in [0.05, 0.1) is 47.5 Å². The summed E-state index contributed by atoms with van der Waals surface area (Å²) in [5.74, 6) is -1.91. The lowest BCUT2D eigenvalue weighted by molar-refractivity contribution is -0.133. The second-order valence-electron chi connectivity index (χ2n) is 11.1. The number of rotatable bonds is 8. The molecule has 6 aromatic rings. The Labute approximate surface area is 259 Å². The maximum Gasteiger partial charge on any atom is 0.345 e. The summed E-state index contributed by atoms with van der Waals surface area (Å²) in [6.45, 7) is 0.929. The summed E-state index contributed by atoms with van der Waals surface area (Å²) in [5, 5.41) is 11.1. The number of nitrogens with one attached hydrogen (secondary N) is 1. The Morgan fingerprint density at radius 1 is 1.04 bits per heavy atom. The van der Waals surface area contributed by atoms with E-state index in [9.17, 15) is 13.2 Å². The topological polar surface area (TPSA) is 79.0 Å². The van der Waals surface area contributed by atoms with Crippen LogP contribution >= 0.6 is 11.3 Å². The molecule has 0 unspecified atom stereocenters. The zero-order chi connectivity index (χ0) is 31.4. The molecule has 0 radical (unpaired) electrons. The van der Waals surface area contributed by atoms with E-state index in [1.165, 1.54) is 11.3 Å². The van der Waals surface area contributed by atoms with Gasteiger partial charge in [-0.1, -0.05) is 6.07 Å². The van der Waals surface area contributed by atoms with Crippen LogP contribution in [-0.2, 0) is 18.3 Å². The Balaban J connectivity index is 1.48. The number of halogens is 4. The molecule has 8 nitrogen and oxygen atoms in total. The normalized spacial score (nSPS) is 16.6. The molecule has 2 aromatic carbocycles. The quantitative estimate of drug-likeness (QED) is 0.139. The van der Waals surface area contributed by atoms with Crippen molar-refractivity contribution in [2.45, 2.75) is 39.1 Å². The first-order valence-electron chi connectivity index (χ1n) is 14.4. The fourth-order valence-electron chi connectivity index (χ4n) is 6.01. The summed E-state index contributed by atoms with van der Waals surface area (Å²) in [5.41, 5.74) is 5.37. The van der Waals surface area contributed by atoms with E-state index in [0.29, 0.717) is 33.9 Å². The van der Waals surface area contributed by atoms with E-state index in [2.05, 4.69) is 22.0 Å². The fraction of sp³-hybridized carbons (Fsp3) is 0.281. The third-order valence-corrected chi connectivity index (χ3v) is 8.87. The van der Waals surface area contributed by atoms with Gasteiger partial charge in [0, 0.05) is 52.5 Å². The molecule has 0 aliphatic carbocycles. The standard InChI is InChI=1S/C32H28F4N6O2S/c1-16-14-42-25(17(2)38-16)13-23(40-42)30-28(27-21(34)11-19(33)12-26(27)43-7-8-44-32(35)36)31-20(6-9-45-31)29(39-30)18-4-5-24-22(10-18)37-15-41(24)3/h4-6,9-13,15-17,32,38H,7-8,14H2,1-3H3/t16-,17+/m1/s1. The first-order valence-corrected chi connectivity index (χ1v) is 15.2. The van der Waals surface area contributed by atoms with Crippen molar-refractivity contribution in [1.82, 2.24) is 29.6 Å². The number of thiophene rings is 1. The van der Waals surface area contributed by atoms with Crippen molar-refractivity contribution in [3.8, 4) is 39.5 Å². The minimum Gasteiger partial charge on any atom is -0.490 e. The van der Waals surface area contributed by atoms with Crippen LogP contribution in [0.25, 0.3) is 54.9 Å². The molecule has 0 amide bonds. The second-order valence-corrected chi connectivity index (χ2v) is 12.0. The predicted octanol–water partition coefficient (Wildman–Crippen LogP) is 7.33. The average Bonchev–Trinajstić information content (AvgIpc) is 3.73. The fourth-order valence-corrected chi connectivity index (χ4v) is 6.96. The van der Waals surface area contributed by atoms with E-state index >= 15 is 4.39 Å². The third kappa shape index (κ3) is 5.34. The lowest BCUT2D eigenvalue weighted by Gasteiger charge is -2.27. The average molecular weight is 637 g/mol. The molecule has 232 valence electrons. The first-order chi connectivity index (χ1) is 21.7. The van der Waals surface area contributed by atoms with Gasteiger partial charge in [0.15, 0.2) is 0 Å². The minimum atomic E-state index is -3.00. The summed E-state index contributed by atoms with van der Waals surface area (Å²) in [7, 11) is 1.92. The van der Waals surface area contributed by atoms with E-state index in [4.69, 9.17) is 14.8 Å². The highest BCUT2D eigenvalue weighted by Crippen LogP contribution is 2.47. The van der Waals surface area contributed by atoms with Crippen LogP contribution in [0.4, 0.5) is 17.6 Å². The van der Waals surface area contributed by atoms with Crippen LogP contribution in [-0.4, -0.2) is 50.2 Å². The zero-order valence-electron chi connectivity index (χ0n) is 24.5. The van der Waals surface area contributed by atoms with Crippen molar-refractivity contribution in [2.24, 2.45) is 7.05 Å². The molecule has 2 atom stereocenters. The van der Waals surface area contributed by atoms with Crippen molar-refractivity contribution in [1.29, 1.82) is 0 Å². The highest BCUT2D eigenvalue weighted by molar-refractivity contribution is 7.18. The Bertz CT molecular complexity index is 2050. The number of imidazole rings is 1. The van der Waals surface area contributed by atoms with E-state index in [1.54, 1.807) is 6.33 Å². The number of alkyl halides is 2. The molecule has 0 saturated carbocycles. The number of nitrogens with zero attached hydrogens (tertiary/aromatic N) is 5. The van der Waals surface area contributed by atoms with Gasteiger partial charge in [-0.3, -0.25) is 4.68 Å². The van der Waals surface area contributed by atoms with Gasteiger partial charge in [0.1, 0.15) is 35.4 Å². The molecule has 1 aliphatic rings. The highest BCUT2D eigenvalue weighted by Gasteiger charge is 2.29. The summed E-state index contributed by atoms with van der Waals surface area (Å²) in [6, 6.07) is 11.7. The Kier molecular flexibility index (Phi) is 7.54. The van der Waals surface area contributed by atoms with Crippen LogP contribution < -0.4 is 10.1 Å². The van der Waals surface area contributed by atoms with Crippen molar-refractivity contribution in [3.63, 3.8) is 0 Å². The molecular formula is C32H28F4N6O2S. The van der Waals surface area contributed by atoms with E-state index in [0.717, 1.165) is 39.8 Å². The van der Waals surface area contributed by atoms with Crippen LogP contribution in [0.2, 0.25) is 0 Å². The number of hydrogen-bond donors (Lipinski definition) is 1. The molecule has 45 heavy (non-hydrogen) atoms. The first kappa shape index (κ1) is 29.4. The summed E-state index contributed by atoms with van der Waals surface area (Å²) in [4.78, 5) is 9.66. The van der Waals surface area contributed by atoms with Gasteiger partial charge >= 0.3 is 6.61 Å². The van der Waals surface area contributed by atoms with Crippen LogP contribution in [0.1, 0.15) is 25.6 Å². The summed E-state index contributed by atoms with van der Waals surface area (Å²) >= 11 is 1.38. The minimum absolute atomic E-state index is 0.00578. The van der Waals surface area contributed by atoms with Gasteiger partial charge in [0.25, 0.3) is 0 Å². The van der Waals surface area contributed by atoms with E-state index < -0.39 is 24.9 Å². The van der Waals surface area contributed by atoms with Crippen molar-refractivity contribution >= 4 is 32.5 Å². The number of aromatic nitrogens is 5. The number of benzene rings is 2. The number of ether oxygens (including phenoxy) is 2. The van der Waals surface area contributed by atoms with Crippen LogP contribution in [0.5, 0.6) is 5.75 Å². The zero-order valence-corrected chi connectivity index (χ0v) is 25.3. The lowest BCUT2D eigenvalue weighted by Crippen LogP contribution is -2.39. The lowest BCUT2D eigenvalue weighted by atomic mass is 9.96. The molecule has 1 N–H and O–H groups in total. The van der Waals surface area contributed by atoms with Crippen molar-refractivity contribution < 1.29 is 27.0 Å². The molecular weight excluding hydrogens is 608 g/mol. The number of pyridine rings is 1. The monoisotopic (exact) mass is 636 g/mol. The maximum absolute atomic E-state index is 16.0. The Hall–Kier alpha value is -4.33. The molecule has 4 aromatic heterocycles. The van der Waals surface area contributed by atoms with Crippen molar-refractivity contribution in [2.75, 3.05) is 13.2 Å². The predicted molar refractivity (Wildman–Crippen MR) is 164 cm³/mol. The largest absolute Gasteiger partial charge is 0.490 e. The van der Waals surface area contributed by atoms with E-state index in [-0.39, 0.29) is 30.0 Å². The molecule has 13 heteroatoms. The number of hydrogen-bond acceptors (Lipinski definition) is 7. The summed E-state index contributed by atoms with van der Waals surface area (Å²) < 4.78 is 70.3. The highest BCUT2D eigenvalue weighted by atomic mass is 32.1. The van der Waals surface area contributed by atoms with Crippen LogP contribution in [0, 0.1) is 11.6 Å². The second kappa shape index (κ2) is 11.5. The number of aryl methyl sites for hydroxylation is 1. The molecule has 0 saturated heterocycles. The van der Waals surface area contributed by atoms with Crippen LogP contribution in [0.3, 0.4) is 0 Å². The molecule has 0 spiro atoms. The third-order valence-electron chi connectivity index (χ3n) is 7.94. The Morgan fingerprint density at radius 2 is 1.89 bits per heavy atom. The van der Waals surface area contributed by atoms with Gasteiger partial charge in [-0.05, 0) is 43.5 Å². The molecule has 1 aliphatic heterocycles. The maximum atomic E-state index is 16.0. The smallest absolute Gasteiger partial charge is 0.345 e. The molecule has 0 fully saturated rings. The molecule has 0 bridgehead atoms. The number of fused-ring (bicyclic) bond motifs is 3. The van der Waals surface area contributed by atoms with Gasteiger partial charge in [-0.15, -0.1) is 11.3 Å². The van der Waals surface area contributed by atoms with E-state index in [1.807, 2.05) is 58.9 Å². The Morgan fingerprint density at radius 3 is 2.71 bits per heavy atom. The van der Waals surface area contributed by atoms with Gasteiger partial charge in [-0.2, -0.15) is 13.9 Å². The summed E-state index contributed by atoms with van der Waals surface area (Å²) in [6.07, 6.45) is 1.74.